The minimum absolute atomic E-state index is 0.124. The zero-order chi connectivity index (χ0) is 21.6. The zero-order valence-electron chi connectivity index (χ0n) is 16.5. The lowest BCUT2D eigenvalue weighted by molar-refractivity contribution is -0.124. The third-order valence-electron chi connectivity index (χ3n) is 4.10. The maximum Gasteiger partial charge on any atom is 0.412 e. The molecule has 2 aromatic rings. The lowest BCUT2D eigenvalue weighted by Gasteiger charge is -2.21. The summed E-state index contributed by atoms with van der Waals surface area (Å²) in [6, 6.07) is 16.1. The van der Waals surface area contributed by atoms with Gasteiger partial charge < -0.3 is 14.6 Å². The monoisotopic (exact) mass is 414 g/mol. The van der Waals surface area contributed by atoms with Gasteiger partial charge in [-0.2, -0.15) is 0 Å². The molecule has 0 aliphatic carbocycles. The quantitative estimate of drug-likeness (QED) is 0.193. The minimum Gasteiger partial charge on any atom is -0.491 e. The first-order valence-electron chi connectivity index (χ1n) is 9.60. The molecule has 0 unspecified atom stereocenters. The molecule has 0 heterocycles. The number of benzene rings is 2. The van der Waals surface area contributed by atoms with Crippen LogP contribution in [0.2, 0.25) is 0 Å². The smallest absolute Gasteiger partial charge is 0.412 e. The molecular formula is C22H26N2O6. The molecule has 0 spiro atoms. The van der Waals surface area contributed by atoms with Crippen LogP contribution in [0.25, 0.3) is 0 Å². The summed E-state index contributed by atoms with van der Waals surface area (Å²) in [6.45, 7) is -0.00891. The molecule has 2 aromatic carbocycles. The summed E-state index contributed by atoms with van der Waals surface area (Å²) in [6.07, 6.45) is 3.31. The van der Waals surface area contributed by atoms with E-state index in [-0.39, 0.29) is 13.2 Å². The number of allylic oxidation sites excluding steroid dienone is 1. The number of nitrogens with one attached hydrogen (secondary N) is 2. The van der Waals surface area contributed by atoms with Gasteiger partial charge in [-0.1, -0.05) is 42.5 Å². The number of anilines is 1. The van der Waals surface area contributed by atoms with Crippen LogP contribution in [0.4, 0.5) is 10.5 Å². The second kappa shape index (κ2) is 13.0. The summed E-state index contributed by atoms with van der Waals surface area (Å²) in [5, 5.41) is 20.2. The van der Waals surface area contributed by atoms with Crippen LogP contribution in [-0.4, -0.2) is 35.5 Å². The van der Waals surface area contributed by atoms with E-state index in [1.807, 2.05) is 18.2 Å². The van der Waals surface area contributed by atoms with Crippen LogP contribution >= 0.6 is 0 Å². The van der Waals surface area contributed by atoms with Gasteiger partial charge in [-0.15, -0.1) is 0 Å². The fraction of sp³-hybridized carbons (Fsp3) is 0.273. The van der Waals surface area contributed by atoms with E-state index < -0.39 is 18.1 Å². The first kappa shape index (κ1) is 22.9. The van der Waals surface area contributed by atoms with Crippen molar-refractivity contribution in [3.05, 3.63) is 72.3 Å². The average molecular weight is 414 g/mol. The van der Waals surface area contributed by atoms with Gasteiger partial charge in [-0.3, -0.25) is 15.3 Å². The molecule has 0 aromatic heterocycles. The molecule has 0 aliphatic heterocycles. The summed E-state index contributed by atoms with van der Waals surface area (Å²) < 4.78 is 11.3. The Labute approximate surface area is 175 Å². The molecule has 2 amide bonds. The van der Waals surface area contributed by atoms with Gasteiger partial charge in [-0.25, -0.2) is 10.3 Å². The second-order valence-electron chi connectivity index (χ2n) is 6.30. The lowest BCUT2D eigenvalue weighted by atomic mass is 10.0. The topological polar surface area (TPSA) is 117 Å². The van der Waals surface area contributed by atoms with Crippen molar-refractivity contribution in [2.45, 2.75) is 25.4 Å². The average Bonchev–Trinajstić information content (AvgIpc) is 2.77. The third kappa shape index (κ3) is 7.94. The van der Waals surface area contributed by atoms with Crippen LogP contribution in [0, 0.1) is 0 Å². The van der Waals surface area contributed by atoms with E-state index >= 15 is 0 Å². The van der Waals surface area contributed by atoms with E-state index in [4.69, 9.17) is 19.8 Å². The van der Waals surface area contributed by atoms with E-state index in [0.717, 1.165) is 0 Å². The van der Waals surface area contributed by atoms with E-state index in [1.165, 1.54) is 11.6 Å². The van der Waals surface area contributed by atoms with Crippen LogP contribution in [0.5, 0.6) is 5.75 Å². The third-order valence-corrected chi connectivity index (χ3v) is 4.10. The largest absolute Gasteiger partial charge is 0.491 e. The van der Waals surface area contributed by atoms with Gasteiger partial charge in [0.15, 0.2) is 0 Å². The Balaban J connectivity index is 2.08. The highest BCUT2D eigenvalue weighted by Crippen LogP contribution is 2.32. The molecule has 160 valence electrons. The fourth-order valence-corrected chi connectivity index (χ4v) is 2.76. The van der Waals surface area contributed by atoms with Gasteiger partial charge in [-0.05, 0) is 37.5 Å². The van der Waals surface area contributed by atoms with Crippen molar-refractivity contribution in [2.75, 3.05) is 18.5 Å². The minimum atomic E-state index is -0.604. The molecule has 0 radical (unpaired) electrons. The first-order chi connectivity index (χ1) is 14.6. The van der Waals surface area contributed by atoms with Gasteiger partial charge >= 0.3 is 6.09 Å². The van der Waals surface area contributed by atoms with Crippen molar-refractivity contribution in [2.24, 2.45) is 0 Å². The summed E-state index contributed by atoms with van der Waals surface area (Å²) in [5.41, 5.74) is 2.83. The highest BCUT2D eigenvalue weighted by molar-refractivity contribution is 5.86. The molecule has 8 heteroatoms. The predicted octanol–water partition coefficient (Wildman–Crippen LogP) is 3.58. The van der Waals surface area contributed by atoms with Crippen molar-refractivity contribution in [1.82, 2.24) is 5.48 Å². The molecular weight excluding hydrogens is 388 g/mol. The maximum absolute atomic E-state index is 12.4. The van der Waals surface area contributed by atoms with Crippen molar-refractivity contribution in [3.63, 3.8) is 0 Å². The van der Waals surface area contributed by atoms with E-state index in [0.29, 0.717) is 36.3 Å². The molecule has 0 bridgehead atoms. The number of unbranched alkanes of at least 4 members (excludes halogenated alkanes) is 1. The van der Waals surface area contributed by atoms with Crippen LogP contribution in [0.1, 0.15) is 30.9 Å². The summed E-state index contributed by atoms with van der Waals surface area (Å²) in [5.74, 6) is -0.0768. The number of hydrogen-bond acceptors (Lipinski definition) is 6. The molecule has 1 atom stereocenters. The molecule has 4 N–H and O–H groups in total. The number of aliphatic hydroxyl groups is 1. The van der Waals surface area contributed by atoms with Crippen LogP contribution in [-0.2, 0) is 9.53 Å². The molecule has 2 rings (SSSR count). The Morgan fingerprint density at radius 2 is 1.80 bits per heavy atom. The second-order valence-corrected chi connectivity index (χ2v) is 6.30. The molecule has 8 nitrogen and oxygen atoms in total. The van der Waals surface area contributed by atoms with Crippen molar-refractivity contribution in [3.8, 4) is 5.75 Å². The number of aliphatic hydroxyl groups excluding tert-OH is 1. The number of para-hydroxylation sites is 2. The number of carbonyl (C=O) groups is 2. The lowest BCUT2D eigenvalue weighted by Crippen LogP contribution is -2.18. The number of ether oxygens (including phenoxy) is 2. The van der Waals surface area contributed by atoms with E-state index in [2.05, 4.69) is 5.32 Å². The van der Waals surface area contributed by atoms with Crippen molar-refractivity contribution >= 4 is 17.7 Å². The fourth-order valence-electron chi connectivity index (χ4n) is 2.76. The summed E-state index contributed by atoms with van der Waals surface area (Å²) in [4.78, 5) is 23.5. The van der Waals surface area contributed by atoms with Gasteiger partial charge in [0.25, 0.3) is 5.91 Å². The normalized spacial score (nSPS) is 11.7. The van der Waals surface area contributed by atoms with Gasteiger partial charge in [0, 0.05) is 17.3 Å². The Kier molecular flexibility index (Phi) is 9.91. The van der Waals surface area contributed by atoms with E-state index in [1.54, 1.807) is 42.5 Å². The van der Waals surface area contributed by atoms with Crippen molar-refractivity contribution in [1.29, 1.82) is 0 Å². The number of carbonyl (C=O) groups excluding carboxylic acids is 2. The first-order valence-corrected chi connectivity index (χ1v) is 9.60. The number of hydrogen-bond donors (Lipinski definition) is 4. The highest BCUT2D eigenvalue weighted by atomic mass is 16.6. The highest BCUT2D eigenvalue weighted by Gasteiger charge is 2.20. The van der Waals surface area contributed by atoms with Gasteiger partial charge in [0.1, 0.15) is 18.5 Å². The van der Waals surface area contributed by atoms with Crippen LogP contribution < -0.4 is 15.5 Å². The number of hydroxylamine groups is 1. The molecule has 0 fully saturated rings. The zero-order valence-corrected chi connectivity index (χ0v) is 16.5. The standard InChI is InChI=1S/C22H26N2O6/c25-15-16-29-19-12-8-7-11-18(19)20(13-5-2-6-14-21(26)24-28)30-22(27)23-17-9-3-1-4-10-17/h1,3-4,6-12,14,20,25,28H,2,5,13,15-16H2,(H,23,27)(H,24,26)/b14-6+/t20-/m1/s1. The Hall–Kier alpha value is -3.36. The Bertz CT molecular complexity index is 825. The van der Waals surface area contributed by atoms with Gasteiger partial charge in [0.2, 0.25) is 0 Å². The number of rotatable bonds is 11. The maximum atomic E-state index is 12.4. The SMILES string of the molecule is O=C(/C=C/CCC[C@@H](OC(=O)Nc1ccccc1)c1ccccc1OCCO)NO. The summed E-state index contributed by atoms with van der Waals surface area (Å²) >= 11 is 0. The number of amides is 2. The Morgan fingerprint density at radius 3 is 2.53 bits per heavy atom. The van der Waals surface area contributed by atoms with Crippen LogP contribution in [0.3, 0.4) is 0 Å². The Morgan fingerprint density at radius 1 is 1.07 bits per heavy atom. The van der Waals surface area contributed by atoms with Crippen molar-refractivity contribution < 1.29 is 29.4 Å². The van der Waals surface area contributed by atoms with Gasteiger partial charge in [0.05, 0.1) is 6.61 Å². The summed E-state index contributed by atoms with van der Waals surface area (Å²) in [7, 11) is 0. The van der Waals surface area contributed by atoms with E-state index in [9.17, 15) is 9.59 Å². The molecule has 30 heavy (non-hydrogen) atoms. The van der Waals surface area contributed by atoms with Crippen LogP contribution in [0.15, 0.2) is 66.7 Å². The molecule has 0 saturated carbocycles. The molecule has 0 saturated heterocycles. The molecule has 0 aliphatic rings. The predicted molar refractivity (Wildman–Crippen MR) is 111 cm³/mol.